The minimum Gasteiger partial charge on any atom is -0.394 e. The van der Waals surface area contributed by atoms with Crippen LogP contribution in [-0.2, 0) is 9.84 Å². The molecule has 0 aromatic heterocycles. The van der Waals surface area contributed by atoms with Gasteiger partial charge in [0.05, 0.1) is 18.1 Å². The molecule has 6 heteroatoms. The third-order valence-corrected chi connectivity index (χ3v) is 5.56. The van der Waals surface area contributed by atoms with E-state index in [0.717, 1.165) is 26.2 Å². The molecule has 1 fully saturated rings. The van der Waals surface area contributed by atoms with Crippen molar-refractivity contribution in [3.8, 4) is 0 Å². The summed E-state index contributed by atoms with van der Waals surface area (Å²) in [6.45, 7) is 8.01. The molecule has 0 bridgehead atoms. The first-order valence-corrected chi connectivity index (χ1v) is 8.58. The summed E-state index contributed by atoms with van der Waals surface area (Å²) < 4.78 is 22.8. The van der Waals surface area contributed by atoms with Gasteiger partial charge in [-0.3, -0.25) is 0 Å². The Morgan fingerprint density at radius 2 is 1.78 bits per heavy atom. The van der Waals surface area contributed by atoms with Crippen molar-refractivity contribution in [1.29, 1.82) is 0 Å². The Morgan fingerprint density at radius 3 is 2.22 bits per heavy atom. The molecule has 5 nitrogen and oxygen atoms in total. The van der Waals surface area contributed by atoms with Crippen LogP contribution in [-0.4, -0.2) is 68.3 Å². The summed E-state index contributed by atoms with van der Waals surface area (Å²) in [6.07, 6.45) is 1.04. The van der Waals surface area contributed by atoms with E-state index >= 15 is 0 Å². The highest BCUT2D eigenvalue weighted by Gasteiger charge is 2.36. The van der Waals surface area contributed by atoms with Gasteiger partial charge in [0.25, 0.3) is 0 Å². The molecule has 1 saturated heterocycles. The predicted molar refractivity (Wildman–Crippen MR) is 73.5 cm³/mol. The topological polar surface area (TPSA) is 69.6 Å². The normalized spacial score (nSPS) is 22.2. The van der Waals surface area contributed by atoms with Crippen LogP contribution in [0.5, 0.6) is 0 Å². The van der Waals surface area contributed by atoms with E-state index in [4.69, 9.17) is 0 Å². The standard InChI is InChI=1S/C12H26N2O3S/c1-3-14(4-2)8-7-13-12(11-15)5-9-18(16,17)10-6-12/h13,15H,3-11H2,1-2H3. The highest BCUT2D eigenvalue weighted by Crippen LogP contribution is 2.23. The number of aliphatic hydroxyl groups is 1. The molecule has 1 aliphatic heterocycles. The van der Waals surface area contributed by atoms with Gasteiger partial charge in [-0.15, -0.1) is 0 Å². The van der Waals surface area contributed by atoms with Crippen LogP contribution in [0.2, 0.25) is 0 Å². The van der Waals surface area contributed by atoms with Gasteiger partial charge < -0.3 is 15.3 Å². The van der Waals surface area contributed by atoms with Gasteiger partial charge in [-0.25, -0.2) is 8.42 Å². The summed E-state index contributed by atoms with van der Waals surface area (Å²) >= 11 is 0. The first-order valence-electron chi connectivity index (χ1n) is 6.75. The number of hydrogen-bond donors (Lipinski definition) is 2. The van der Waals surface area contributed by atoms with E-state index in [2.05, 4.69) is 24.1 Å². The van der Waals surface area contributed by atoms with Crippen molar-refractivity contribution in [3.63, 3.8) is 0 Å². The van der Waals surface area contributed by atoms with Crippen molar-refractivity contribution < 1.29 is 13.5 Å². The molecule has 0 radical (unpaired) electrons. The lowest BCUT2D eigenvalue weighted by atomic mass is 9.93. The van der Waals surface area contributed by atoms with Gasteiger partial charge in [0.15, 0.2) is 0 Å². The Bertz CT molecular complexity index is 325. The van der Waals surface area contributed by atoms with E-state index in [0.29, 0.717) is 12.8 Å². The Balaban J connectivity index is 2.42. The van der Waals surface area contributed by atoms with Crippen molar-refractivity contribution in [2.75, 3.05) is 44.3 Å². The molecule has 108 valence electrons. The molecular formula is C12H26N2O3S. The molecule has 1 aliphatic rings. The zero-order valence-electron chi connectivity index (χ0n) is 11.5. The fourth-order valence-corrected chi connectivity index (χ4v) is 3.95. The number of nitrogens with one attached hydrogen (secondary N) is 1. The number of sulfone groups is 1. The smallest absolute Gasteiger partial charge is 0.150 e. The summed E-state index contributed by atoms with van der Waals surface area (Å²) in [5.41, 5.74) is -0.390. The minimum atomic E-state index is -2.88. The SMILES string of the molecule is CCN(CC)CCNC1(CO)CCS(=O)(=O)CC1. The summed E-state index contributed by atoms with van der Waals surface area (Å²) in [6, 6.07) is 0. The van der Waals surface area contributed by atoms with E-state index in [1.54, 1.807) is 0 Å². The maximum Gasteiger partial charge on any atom is 0.150 e. The van der Waals surface area contributed by atoms with Gasteiger partial charge in [0.2, 0.25) is 0 Å². The van der Waals surface area contributed by atoms with Gasteiger partial charge >= 0.3 is 0 Å². The maximum absolute atomic E-state index is 11.4. The quantitative estimate of drug-likeness (QED) is 0.678. The lowest BCUT2D eigenvalue weighted by Gasteiger charge is -2.37. The fourth-order valence-electron chi connectivity index (χ4n) is 2.34. The van der Waals surface area contributed by atoms with Crippen molar-refractivity contribution >= 4 is 9.84 Å². The highest BCUT2D eigenvalue weighted by molar-refractivity contribution is 7.91. The van der Waals surface area contributed by atoms with Crippen LogP contribution in [0.25, 0.3) is 0 Å². The Kier molecular flexibility index (Phi) is 6.04. The summed E-state index contributed by atoms with van der Waals surface area (Å²) in [5.74, 6) is 0.373. The zero-order valence-corrected chi connectivity index (χ0v) is 12.3. The van der Waals surface area contributed by atoms with E-state index in [1.807, 2.05) is 0 Å². The van der Waals surface area contributed by atoms with Gasteiger partial charge in [0.1, 0.15) is 9.84 Å². The molecule has 0 unspecified atom stereocenters. The molecule has 2 N–H and O–H groups in total. The lowest BCUT2D eigenvalue weighted by molar-refractivity contribution is 0.143. The molecular weight excluding hydrogens is 252 g/mol. The van der Waals surface area contributed by atoms with Crippen LogP contribution >= 0.6 is 0 Å². The molecule has 18 heavy (non-hydrogen) atoms. The van der Waals surface area contributed by atoms with Crippen molar-refractivity contribution in [2.24, 2.45) is 0 Å². The lowest BCUT2D eigenvalue weighted by Crippen LogP contribution is -2.55. The van der Waals surface area contributed by atoms with Gasteiger partial charge in [-0.1, -0.05) is 13.8 Å². The fraction of sp³-hybridized carbons (Fsp3) is 1.00. The number of hydrogen-bond acceptors (Lipinski definition) is 5. The average molecular weight is 278 g/mol. The molecule has 0 spiro atoms. The van der Waals surface area contributed by atoms with Gasteiger partial charge in [0, 0.05) is 18.6 Å². The first kappa shape index (κ1) is 15.9. The molecule has 0 saturated carbocycles. The molecule has 1 heterocycles. The van der Waals surface area contributed by atoms with E-state index in [9.17, 15) is 13.5 Å². The third-order valence-electron chi connectivity index (χ3n) is 3.91. The third kappa shape index (κ3) is 4.50. The monoisotopic (exact) mass is 278 g/mol. The largest absolute Gasteiger partial charge is 0.394 e. The van der Waals surface area contributed by atoms with Crippen LogP contribution in [0.15, 0.2) is 0 Å². The van der Waals surface area contributed by atoms with Crippen molar-refractivity contribution in [2.45, 2.75) is 32.2 Å². The van der Waals surface area contributed by atoms with Crippen molar-refractivity contribution in [1.82, 2.24) is 10.2 Å². The van der Waals surface area contributed by atoms with E-state index < -0.39 is 15.4 Å². The molecule has 0 aliphatic carbocycles. The molecule has 1 rings (SSSR count). The maximum atomic E-state index is 11.4. The molecule has 0 aromatic rings. The highest BCUT2D eigenvalue weighted by atomic mass is 32.2. The Morgan fingerprint density at radius 1 is 1.22 bits per heavy atom. The van der Waals surface area contributed by atoms with Crippen LogP contribution in [0, 0.1) is 0 Å². The number of aliphatic hydroxyl groups excluding tert-OH is 1. The van der Waals surface area contributed by atoms with E-state index in [1.165, 1.54) is 0 Å². The molecule has 0 amide bonds. The summed E-state index contributed by atoms with van der Waals surface area (Å²) in [4.78, 5) is 2.30. The minimum absolute atomic E-state index is 0.0147. The van der Waals surface area contributed by atoms with Crippen LogP contribution in [0.1, 0.15) is 26.7 Å². The van der Waals surface area contributed by atoms with Gasteiger partial charge in [-0.2, -0.15) is 0 Å². The number of nitrogens with zero attached hydrogens (tertiary/aromatic N) is 1. The Hall–Kier alpha value is -0.170. The second-order valence-corrected chi connectivity index (χ2v) is 7.35. The van der Waals surface area contributed by atoms with Crippen LogP contribution < -0.4 is 5.32 Å². The van der Waals surface area contributed by atoms with Crippen LogP contribution in [0.3, 0.4) is 0 Å². The number of likely N-dealkylation sites (N-methyl/N-ethyl adjacent to an activating group) is 1. The molecule has 0 aromatic carbocycles. The molecule has 0 atom stereocenters. The Labute approximate surface area is 110 Å². The summed E-state index contributed by atoms with van der Waals surface area (Å²) in [5, 5.41) is 12.9. The van der Waals surface area contributed by atoms with Gasteiger partial charge in [-0.05, 0) is 25.9 Å². The zero-order chi connectivity index (χ0) is 13.6. The number of rotatable bonds is 7. The van der Waals surface area contributed by atoms with E-state index in [-0.39, 0.29) is 18.1 Å². The predicted octanol–water partition coefficient (Wildman–Crippen LogP) is -0.142. The second-order valence-electron chi connectivity index (χ2n) is 5.04. The first-order chi connectivity index (χ1) is 8.47. The summed E-state index contributed by atoms with van der Waals surface area (Å²) in [7, 11) is -2.88. The second kappa shape index (κ2) is 6.84. The average Bonchev–Trinajstić information content (AvgIpc) is 2.37. The van der Waals surface area contributed by atoms with Crippen molar-refractivity contribution in [3.05, 3.63) is 0 Å². The van der Waals surface area contributed by atoms with Crippen LogP contribution in [0.4, 0.5) is 0 Å².